The van der Waals surface area contributed by atoms with Crippen LogP contribution in [0.2, 0.25) is 10.0 Å². The van der Waals surface area contributed by atoms with Gasteiger partial charge in [-0.15, -0.1) is 0 Å². The molecule has 0 aromatic heterocycles. The van der Waals surface area contributed by atoms with E-state index in [0.717, 1.165) is 16.4 Å². The van der Waals surface area contributed by atoms with Gasteiger partial charge in [-0.25, -0.2) is 12.8 Å². The van der Waals surface area contributed by atoms with E-state index in [-0.39, 0.29) is 22.2 Å². The van der Waals surface area contributed by atoms with Gasteiger partial charge in [-0.2, -0.15) is 0 Å². The normalized spacial score (nSPS) is 12.0. The Balaban J connectivity index is 2.06. The Kier molecular flexibility index (Phi) is 8.94. The highest BCUT2D eigenvalue weighted by molar-refractivity contribution is 7.92. The molecule has 0 unspecified atom stereocenters. The molecular weight excluding hydrogens is 528 g/mol. The van der Waals surface area contributed by atoms with Crippen molar-refractivity contribution in [1.82, 2.24) is 10.2 Å². The molecule has 0 radical (unpaired) electrons. The van der Waals surface area contributed by atoms with E-state index in [4.69, 9.17) is 23.2 Å². The molecule has 0 saturated carbocycles. The van der Waals surface area contributed by atoms with Crippen molar-refractivity contribution in [2.45, 2.75) is 24.4 Å². The van der Waals surface area contributed by atoms with Crippen molar-refractivity contribution in [3.63, 3.8) is 0 Å². The first-order valence-corrected chi connectivity index (χ1v) is 13.0. The van der Waals surface area contributed by atoms with Crippen LogP contribution in [0.1, 0.15) is 12.5 Å². The van der Waals surface area contributed by atoms with E-state index in [2.05, 4.69) is 5.32 Å². The van der Waals surface area contributed by atoms with Gasteiger partial charge in [-0.1, -0.05) is 59.6 Å². The first-order chi connectivity index (χ1) is 17.1. The number of carbonyl (C=O) groups is 2. The number of nitrogens with one attached hydrogen (secondary N) is 1. The summed E-state index contributed by atoms with van der Waals surface area (Å²) in [6.45, 7) is 0.805. The fourth-order valence-electron chi connectivity index (χ4n) is 3.49. The molecule has 1 N–H and O–H groups in total. The zero-order valence-corrected chi connectivity index (χ0v) is 21.8. The second kappa shape index (κ2) is 11.7. The van der Waals surface area contributed by atoms with Crippen LogP contribution in [0.3, 0.4) is 0 Å². The number of likely N-dealkylation sites (N-methyl/N-ethyl adjacent to an activating group) is 1. The number of hydrogen-bond donors (Lipinski definition) is 1. The van der Waals surface area contributed by atoms with E-state index in [1.807, 2.05) is 0 Å². The van der Waals surface area contributed by atoms with E-state index in [1.54, 1.807) is 42.5 Å². The second-order valence-corrected chi connectivity index (χ2v) is 10.5. The largest absolute Gasteiger partial charge is 0.357 e. The van der Waals surface area contributed by atoms with Crippen LogP contribution >= 0.6 is 23.2 Å². The summed E-state index contributed by atoms with van der Waals surface area (Å²) in [6, 6.07) is 16.7. The topological polar surface area (TPSA) is 86.8 Å². The van der Waals surface area contributed by atoms with Crippen LogP contribution in [0.5, 0.6) is 0 Å². The average molecular weight is 552 g/mol. The van der Waals surface area contributed by atoms with Gasteiger partial charge in [0.2, 0.25) is 11.8 Å². The van der Waals surface area contributed by atoms with Crippen molar-refractivity contribution in [2.75, 3.05) is 17.9 Å². The van der Waals surface area contributed by atoms with Gasteiger partial charge in [0.1, 0.15) is 18.4 Å². The van der Waals surface area contributed by atoms with Gasteiger partial charge in [-0.3, -0.25) is 13.9 Å². The molecule has 0 saturated heterocycles. The molecule has 190 valence electrons. The summed E-state index contributed by atoms with van der Waals surface area (Å²) in [7, 11) is -2.83. The predicted molar refractivity (Wildman–Crippen MR) is 138 cm³/mol. The van der Waals surface area contributed by atoms with Gasteiger partial charge >= 0.3 is 0 Å². The monoisotopic (exact) mass is 551 g/mol. The molecule has 3 aromatic carbocycles. The van der Waals surface area contributed by atoms with Crippen LogP contribution in [-0.2, 0) is 26.2 Å². The highest BCUT2D eigenvalue weighted by Crippen LogP contribution is 2.28. The molecule has 0 aliphatic heterocycles. The molecule has 2 amide bonds. The molecule has 0 aliphatic carbocycles. The molecule has 3 aromatic rings. The number of hydrogen-bond acceptors (Lipinski definition) is 4. The molecule has 0 fully saturated rings. The molecule has 3 rings (SSSR count). The van der Waals surface area contributed by atoms with Gasteiger partial charge in [0.25, 0.3) is 10.0 Å². The predicted octanol–water partition coefficient (Wildman–Crippen LogP) is 4.49. The van der Waals surface area contributed by atoms with Crippen molar-refractivity contribution in [1.29, 1.82) is 0 Å². The lowest BCUT2D eigenvalue weighted by Gasteiger charge is -2.32. The van der Waals surface area contributed by atoms with Crippen molar-refractivity contribution in [3.8, 4) is 0 Å². The Morgan fingerprint density at radius 3 is 2.22 bits per heavy atom. The summed E-state index contributed by atoms with van der Waals surface area (Å²) in [5.74, 6) is -1.86. The molecule has 36 heavy (non-hydrogen) atoms. The van der Waals surface area contributed by atoms with Gasteiger partial charge in [-0.05, 0) is 48.9 Å². The van der Waals surface area contributed by atoms with Crippen LogP contribution in [-0.4, -0.2) is 44.8 Å². The highest BCUT2D eigenvalue weighted by Gasteiger charge is 2.32. The second-order valence-electron chi connectivity index (χ2n) is 7.83. The fourth-order valence-corrected chi connectivity index (χ4v) is 5.29. The minimum atomic E-state index is -4.27. The Bertz CT molecular complexity index is 1360. The summed E-state index contributed by atoms with van der Waals surface area (Å²) >= 11 is 12.2. The zero-order chi connectivity index (χ0) is 26.5. The average Bonchev–Trinajstić information content (AvgIpc) is 2.87. The van der Waals surface area contributed by atoms with Crippen LogP contribution in [0, 0.1) is 5.82 Å². The van der Waals surface area contributed by atoms with Gasteiger partial charge in [0, 0.05) is 18.6 Å². The third-order valence-corrected chi connectivity index (χ3v) is 7.96. The Hall–Kier alpha value is -3.14. The van der Waals surface area contributed by atoms with E-state index in [1.165, 1.54) is 37.1 Å². The molecule has 7 nitrogen and oxygen atoms in total. The zero-order valence-electron chi connectivity index (χ0n) is 19.5. The van der Waals surface area contributed by atoms with Gasteiger partial charge < -0.3 is 10.2 Å². The molecule has 0 heterocycles. The number of rotatable bonds is 9. The minimum Gasteiger partial charge on any atom is -0.357 e. The summed E-state index contributed by atoms with van der Waals surface area (Å²) in [5, 5.41) is 2.58. The number of amides is 2. The third-order valence-electron chi connectivity index (χ3n) is 5.51. The standard InChI is InChI=1S/C25H24Cl2FN3O4S/c1-17(25(33)29-2)30(15-18-8-6-7-11-21(18)26)24(32)16-31(19-12-13-23(28)22(27)14-19)36(34,35)20-9-4-3-5-10-20/h3-14,17H,15-16H2,1-2H3,(H,29,33)/t17-/m0/s1. The van der Waals surface area contributed by atoms with E-state index >= 15 is 0 Å². The molecule has 11 heteroatoms. The Morgan fingerprint density at radius 1 is 0.972 bits per heavy atom. The SMILES string of the molecule is CNC(=O)[C@H](C)N(Cc1ccccc1Cl)C(=O)CN(c1ccc(F)c(Cl)c1)S(=O)(=O)c1ccccc1. The Labute approximate surface area is 219 Å². The molecule has 1 atom stereocenters. The highest BCUT2D eigenvalue weighted by atomic mass is 35.5. The summed E-state index contributed by atoms with van der Waals surface area (Å²) < 4.78 is 41.8. The first-order valence-electron chi connectivity index (χ1n) is 10.8. The molecule has 0 bridgehead atoms. The van der Waals surface area contributed by atoms with Crippen molar-refractivity contribution in [3.05, 3.63) is 94.2 Å². The lowest BCUT2D eigenvalue weighted by atomic mass is 10.1. The number of carbonyl (C=O) groups excluding carboxylic acids is 2. The summed E-state index contributed by atoms with van der Waals surface area (Å²) in [6.07, 6.45) is 0. The van der Waals surface area contributed by atoms with Crippen molar-refractivity contribution in [2.24, 2.45) is 0 Å². The van der Waals surface area contributed by atoms with Crippen molar-refractivity contribution < 1.29 is 22.4 Å². The lowest BCUT2D eigenvalue weighted by Crippen LogP contribution is -2.50. The van der Waals surface area contributed by atoms with Crippen LogP contribution in [0.4, 0.5) is 10.1 Å². The lowest BCUT2D eigenvalue weighted by molar-refractivity contribution is -0.139. The number of halogens is 3. The van der Waals surface area contributed by atoms with Crippen LogP contribution in [0.15, 0.2) is 77.7 Å². The number of sulfonamides is 1. The number of anilines is 1. The quantitative estimate of drug-likeness (QED) is 0.424. The summed E-state index contributed by atoms with van der Waals surface area (Å²) in [4.78, 5) is 27.2. The third kappa shape index (κ3) is 6.16. The van der Waals surface area contributed by atoms with Gasteiger partial charge in [0.05, 0.1) is 15.6 Å². The maximum absolute atomic E-state index is 13.9. The maximum atomic E-state index is 13.9. The van der Waals surface area contributed by atoms with E-state index in [9.17, 15) is 22.4 Å². The van der Waals surface area contributed by atoms with Crippen molar-refractivity contribution >= 4 is 50.7 Å². The maximum Gasteiger partial charge on any atom is 0.264 e. The van der Waals surface area contributed by atoms with Crippen LogP contribution < -0.4 is 9.62 Å². The number of nitrogens with zero attached hydrogens (tertiary/aromatic N) is 2. The summed E-state index contributed by atoms with van der Waals surface area (Å²) in [5.41, 5.74) is 0.564. The molecule has 0 aliphatic rings. The van der Waals surface area contributed by atoms with E-state index < -0.39 is 40.2 Å². The van der Waals surface area contributed by atoms with E-state index in [0.29, 0.717) is 10.6 Å². The molecular formula is C25H24Cl2FN3O4S. The van der Waals surface area contributed by atoms with Gasteiger partial charge in [0.15, 0.2) is 0 Å². The minimum absolute atomic E-state index is 0.0103. The number of benzene rings is 3. The first kappa shape index (κ1) is 27.4. The molecule has 0 spiro atoms. The van der Waals surface area contributed by atoms with Crippen LogP contribution in [0.25, 0.3) is 0 Å². The Morgan fingerprint density at radius 2 is 1.61 bits per heavy atom. The fraction of sp³-hybridized carbons (Fsp3) is 0.200. The smallest absolute Gasteiger partial charge is 0.264 e.